The Balaban J connectivity index is 1.53. The normalized spacial score (nSPS) is 21.4. The van der Waals surface area contributed by atoms with E-state index in [1.54, 1.807) is 22.7 Å². The fraction of sp³-hybridized carbons (Fsp3) is 0.217. The van der Waals surface area contributed by atoms with Crippen LogP contribution in [0.15, 0.2) is 65.5 Å². The van der Waals surface area contributed by atoms with Crippen LogP contribution in [-0.2, 0) is 0 Å². The van der Waals surface area contributed by atoms with Gasteiger partial charge in [-0.05, 0) is 36.8 Å². The summed E-state index contributed by atoms with van der Waals surface area (Å²) in [6.07, 6.45) is 1.68. The average Bonchev–Trinajstić information content (AvgIpc) is 3.37. The number of hydrogen-bond donors (Lipinski definition) is 1. The molecule has 1 N–H and O–H groups in total. The molecule has 0 radical (unpaired) electrons. The Bertz CT molecular complexity index is 1080. The molecule has 5 rings (SSSR count). The van der Waals surface area contributed by atoms with E-state index in [0.717, 1.165) is 34.8 Å². The topological polar surface area (TPSA) is 46.0 Å². The van der Waals surface area contributed by atoms with Crippen LogP contribution in [0.25, 0.3) is 32.4 Å². The van der Waals surface area contributed by atoms with Crippen molar-refractivity contribution in [1.82, 2.24) is 9.97 Å². The lowest BCUT2D eigenvalue weighted by atomic mass is 9.69. The summed E-state index contributed by atoms with van der Waals surface area (Å²) >= 11 is 3.28. The first kappa shape index (κ1) is 17.7. The molecule has 0 spiro atoms. The summed E-state index contributed by atoms with van der Waals surface area (Å²) in [5.41, 5.74) is 6.88. The van der Waals surface area contributed by atoms with E-state index in [1.807, 2.05) is 23.9 Å². The summed E-state index contributed by atoms with van der Waals surface area (Å²) in [5.74, 6) is 0.457. The number of aliphatic hydroxyl groups is 1. The van der Waals surface area contributed by atoms with Crippen LogP contribution in [0.4, 0.5) is 0 Å². The van der Waals surface area contributed by atoms with E-state index in [1.165, 1.54) is 16.0 Å². The van der Waals surface area contributed by atoms with E-state index in [0.29, 0.717) is 5.92 Å². The van der Waals surface area contributed by atoms with Gasteiger partial charge < -0.3 is 5.11 Å². The monoisotopic (exact) mass is 404 g/mol. The van der Waals surface area contributed by atoms with Crippen LogP contribution >= 0.6 is 22.7 Å². The highest BCUT2D eigenvalue weighted by Gasteiger charge is 2.38. The van der Waals surface area contributed by atoms with E-state index in [-0.39, 0.29) is 0 Å². The predicted molar refractivity (Wildman–Crippen MR) is 117 cm³/mol. The van der Waals surface area contributed by atoms with E-state index in [9.17, 15) is 5.11 Å². The number of rotatable bonds is 4. The van der Waals surface area contributed by atoms with Gasteiger partial charge in [-0.1, -0.05) is 54.6 Å². The molecule has 0 bridgehead atoms. The molecule has 0 aliphatic heterocycles. The number of benzene rings is 2. The third-order valence-electron chi connectivity index (χ3n) is 5.34. The highest BCUT2D eigenvalue weighted by molar-refractivity contribution is 7.19. The second kappa shape index (κ2) is 6.92. The van der Waals surface area contributed by atoms with Crippen molar-refractivity contribution in [3.05, 3.63) is 71.1 Å². The van der Waals surface area contributed by atoms with Gasteiger partial charge in [-0.2, -0.15) is 0 Å². The molecule has 0 saturated heterocycles. The minimum atomic E-state index is -0.499. The lowest BCUT2D eigenvalue weighted by Gasteiger charge is -2.41. The van der Waals surface area contributed by atoms with Crippen molar-refractivity contribution >= 4 is 22.7 Å². The van der Waals surface area contributed by atoms with E-state index >= 15 is 0 Å². The van der Waals surface area contributed by atoms with Crippen molar-refractivity contribution < 1.29 is 5.11 Å². The second-order valence-corrected chi connectivity index (χ2v) is 9.38. The summed E-state index contributed by atoms with van der Waals surface area (Å²) in [5, 5.41) is 13.0. The number of thiazole rings is 2. The Morgan fingerprint density at radius 3 is 2.39 bits per heavy atom. The van der Waals surface area contributed by atoms with Gasteiger partial charge in [0.15, 0.2) is 0 Å². The van der Waals surface area contributed by atoms with Crippen molar-refractivity contribution in [1.29, 1.82) is 0 Å². The molecule has 4 aromatic rings. The number of nitrogens with zero attached hydrogens (tertiary/aromatic N) is 2. The maximum atomic E-state index is 10.0. The average molecular weight is 405 g/mol. The SMILES string of the molecule is CC1(O)CC(c2ccc(-c3nc(-c4cscn4)sc3-c3ccccc3)cc2)C1. The number of aromatic nitrogens is 2. The van der Waals surface area contributed by atoms with E-state index in [4.69, 9.17) is 4.98 Å². The van der Waals surface area contributed by atoms with Gasteiger partial charge in [0.25, 0.3) is 0 Å². The van der Waals surface area contributed by atoms with Gasteiger partial charge in [0.1, 0.15) is 10.7 Å². The fourth-order valence-electron chi connectivity index (χ4n) is 3.88. The van der Waals surface area contributed by atoms with Gasteiger partial charge in [0.05, 0.1) is 21.7 Å². The molecule has 1 fully saturated rings. The molecule has 2 aromatic carbocycles. The molecule has 3 nitrogen and oxygen atoms in total. The zero-order valence-corrected chi connectivity index (χ0v) is 17.1. The maximum absolute atomic E-state index is 10.0. The van der Waals surface area contributed by atoms with Gasteiger partial charge in [0.2, 0.25) is 0 Å². The van der Waals surface area contributed by atoms with Crippen LogP contribution in [0.3, 0.4) is 0 Å². The molecule has 2 aromatic heterocycles. The molecule has 140 valence electrons. The van der Waals surface area contributed by atoms with Crippen LogP contribution in [0.5, 0.6) is 0 Å². The number of hydrogen-bond acceptors (Lipinski definition) is 5. The molecular weight excluding hydrogens is 384 g/mol. The van der Waals surface area contributed by atoms with Gasteiger partial charge >= 0.3 is 0 Å². The van der Waals surface area contributed by atoms with Crippen molar-refractivity contribution in [3.8, 4) is 32.4 Å². The maximum Gasteiger partial charge on any atom is 0.144 e. The standard InChI is InChI=1S/C23H20N2OS2/c1-23(26)11-18(12-23)15-7-9-16(10-8-15)20-21(17-5-3-2-4-6-17)28-22(25-20)19-13-27-14-24-19/h2-10,13-14,18,26H,11-12H2,1H3. The lowest BCUT2D eigenvalue weighted by Crippen LogP contribution is -2.39. The van der Waals surface area contributed by atoms with Crippen LogP contribution in [0.2, 0.25) is 0 Å². The largest absolute Gasteiger partial charge is 0.390 e. The summed E-state index contributed by atoms with van der Waals surface area (Å²) in [6.45, 7) is 1.92. The van der Waals surface area contributed by atoms with Gasteiger partial charge in [-0.15, -0.1) is 22.7 Å². The first-order chi connectivity index (χ1) is 13.6. The Kier molecular flexibility index (Phi) is 4.38. The molecule has 1 aliphatic rings. The minimum absolute atomic E-state index is 0.457. The Labute approximate surface area is 172 Å². The summed E-state index contributed by atoms with van der Waals surface area (Å²) in [4.78, 5) is 10.6. The Hall–Kier alpha value is -2.34. The smallest absolute Gasteiger partial charge is 0.144 e. The molecule has 2 heterocycles. The predicted octanol–water partition coefficient (Wildman–Crippen LogP) is 6.23. The minimum Gasteiger partial charge on any atom is -0.390 e. The molecular formula is C23H20N2OS2. The van der Waals surface area contributed by atoms with Gasteiger partial charge in [0, 0.05) is 10.9 Å². The third-order valence-corrected chi connectivity index (χ3v) is 7.06. The molecule has 5 heteroatoms. The highest BCUT2D eigenvalue weighted by atomic mass is 32.1. The van der Waals surface area contributed by atoms with Crippen molar-refractivity contribution in [2.75, 3.05) is 0 Å². The first-order valence-corrected chi connectivity index (χ1v) is 11.1. The van der Waals surface area contributed by atoms with Gasteiger partial charge in [-0.25, -0.2) is 9.97 Å². The summed E-state index contributed by atoms with van der Waals surface area (Å²) < 4.78 is 0. The first-order valence-electron chi connectivity index (χ1n) is 9.37. The highest BCUT2D eigenvalue weighted by Crippen LogP contribution is 2.45. The van der Waals surface area contributed by atoms with Crippen LogP contribution < -0.4 is 0 Å². The second-order valence-electron chi connectivity index (χ2n) is 7.66. The summed E-state index contributed by atoms with van der Waals surface area (Å²) in [6, 6.07) is 19.1. The zero-order valence-electron chi connectivity index (χ0n) is 15.5. The fourth-order valence-corrected chi connectivity index (χ4v) is 5.55. The molecule has 1 saturated carbocycles. The molecule has 1 aliphatic carbocycles. The van der Waals surface area contributed by atoms with Gasteiger partial charge in [-0.3, -0.25) is 0 Å². The lowest BCUT2D eigenvalue weighted by molar-refractivity contribution is -0.0313. The molecule has 0 unspecified atom stereocenters. The van der Waals surface area contributed by atoms with Crippen molar-refractivity contribution in [2.45, 2.75) is 31.3 Å². The Morgan fingerprint density at radius 1 is 1.00 bits per heavy atom. The van der Waals surface area contributed by atoms with E-state index < -0.39 is 5.60 Å². The third kappa shape index (κ3) is 3.30. The molecule has 28 heavy (non-hydrogen) atoms. The van der Waals surface area contributed by atoms with Crippen LogP contribution in [0.1, 0.15) is 31.2 Å². The molecule has 0 amide bonds. The quantitative estimate of drug-likeness (QED) is 0.439. The summed E-state index contributed by atoms with van der Waals surface area (Å²) in [7, 11) is 0. The zero-order chi connectivity index (χ0) is 19.1. The van der Waals surface area contributed by atoms with E-state index in [2.05, 4.69) is 53.5 Å². The van der Waals surface area contributed by atoms with Crippen molar-refractivity contribution in [3.63, 3.8) is 0 Å². The molecule has 0 atom stereocenters. The Morgan fingerprint density at radius 2 is 1.75 bits per heavy atom. The van der Waals surface area contributed by atoms with Crippen molar-refractivity contribution in [2.24, 2.45) is 0 Å². The van der Waals surface area contributed by atoms with Crippen LogP contribution in [-0.4, -0.2) is 20.7 Å². The van der Waals surface area contributed by atoms with Crippen LogP contribution in [0, 0.1) is 0 Å².